The van der Waals surface area contributed by atoms with Crippen LogP contribution in [-0.2, 0) is 6.42 Å². The van der Waals surface area contributed by atoms with Crippen molar-refractivity contribution in [2.24, 2.45) is 0 Å². The van der Waals surface area contributed by atoms with E-state index in [0.717, 1.165) is 41.7 Å². The third kappa shape index (κ3) is 2.89. The van der Waals surface area contributed by atoms with Gasteiger partial charge in [-0.05, 0) is 31.4 Å². The first-order valence-electron chi connectivity index (χ1n) is 7.45. The third-order valence-corrected chi connectivity index (χ3v) is 3.70. The van der Waals surface area contributed by atoms with Crippen LogP contribution in [0.15, 0.2) is 12.1 Å². The maximum atomic E-state index is 5.43. The fraction of sp³-hybridized carbons (Fsp3) is 0.471. The Morgan fingerprint density at radius 3 is 2.33 bits per heavy atom. The minimum Gasteiger partial charge on any atom is -0.493 e. The standard InChI is InChI=1S/C17H24N2O2/c1-6-8-18-17-12(7-2)11(3)19-14-10-16(21-5)15(20-4)9-13(14)17/h9-10H,6-8H2,1-5H3,(H,18,19). The fourth-order valence-corrected chi connectivity index (χ4v) is 2.64. The molecule has 0 amide bonds. The molecule has 1 aromatic heterocycles. The second kappa shape index (κ2) is 6.66. The van der Waals surface area contributed by atoms with E-state index in [2.05, 4.69) is 26.1 Å². The zero-order valence-corrected chi connectivity index (χ0v) is 13.5. The van der Waals surface area contributed by atoms with E-state index in [4.69, 9.17) is 14.5 Å². The average Bonchev–Trinajstić information content (AvgIpc) is 2.50. The van der Waals surface area contributed by atoms with Crippen LogP contribution < -0.4 is 14.8 Å². The Labute approximate surface area is 126 Å². The topological polar surface area (TPSA) is 43.4 Å². The van der Waals surface area contributed by atoms with Gasteiger partial charge >= 0.3 is 0 Å². The average molecular weight is 288 g/mol. The molecule has 0 aliphatic rings. The number of hydrogen-bond donors (Lipinski definition) is 1. The van der Waals surface area contributed by atoms with Gasteiger partial charge in [-0.25, -0.2) is 0 Å². The highest BCUT2D eigenvalue weighted by molar-refractivity contribution is 5.95. The highest BCUT2D eigenvalue weighted by Crippen LogP contribution is 2.37. The Balaban J connectivity index is 2.73. The summed E-state index contributed by atoms with van der Waals surface area (Å²) < 4.78 is 10.8. The number of aromatic nitrogens is 1. The Morgan fingerprint density at radius 2 is 1.76 bits per heavy atom. The van der Waals surface area contributed by atoms with Crippen LogP contribution in [0.1, 0.15) is 31.5 Å². The van der Waals surface area contributed by atoms with Crippen molar-refractivity contribution in [1.82, 2.24) is 4.98 Å². The number of fused-ring (bicyclic) bond motifs is 1. The highest BCUT2D eigenvalue weighted by Gasteiger charge is 2.14. The number of pyridine rings is 1. The Kier molecular flexibility index (Phi) is 4.89. The molecule has 0 saturated heterocycles. The molecule has 0 atom stereocenters. The van der Waals surface area contributed by atoms with Crippen molar-refractivity contribution in [1.29, 1.82) is 0 Å². The van der Waals surface area contributed by atoms with Crippen LogP contribution in [0.4, 0.5) is 5.69 Å². The van der Waals surface area contributed by atoms with Gasteiger partial charge in [0.05, 0.1) is 19.7 Å². The summed E-state index contributed by atoms with van der Waals surface area (Å²) in [6, 6.07) is 3.95. The molecule has 1 heterocycles. The van der Waals surface area contributed by atoms with Gasteiger partial charge in [0.2, 0.25) is 0 Å². The largest absolute Gasteiger partial charge is 0.493 e. The minimum atomic E-state index is 0.711. The van der Waals surface area contributed by atoms with Gasteiger partial charge < -0.3 is 14.8 Å². The maximum absolute atomic E-state index is 5.43. The summed E-state index contributed by atoms with van der Waals surface area (Å²) in [6.07, 6.45) is 2.04. The van der Waals surface area contributed by atoms with Gasteiger partial charge in [0.15, 0.2) is 11.5 Å². The van der Waals surface area contributed by atoms with E-state index in [9.17, 15) is 0 Å². The molecule has 0 fully saturated rings. The molecule has 0 radical (unpaired) electrons. The lowest BCUT2D eigenvalue weighted by Gasteiger charge is -2.17. The number of nitrogens with one attached hydrogen (secondary N) is 1. The molecule has 4 nitrogen and oxygen atoms in total. The molecule has 0 unspecified atom stereocenters. The van der Waals surface area contributed by atoms with E-state index in [0.29, 0.717) is 5.75 Å². The molecule has 0 saturated carbocycles. The first-order chi connectivity index (χ1) is 10.2. The summed E-state index contributed by atoms with van der Waals surface area (Å²) in [5.41, 5.74) is 4.43. The van der Waals surface area contributed by atoms with Crippen molar-refractivity contribution in [3.63, 3.8) is 0 Å². The number of aryl methyl sites for hydroxylation is 1. The number of hydrogen-bond acceptors (Lipinski definition) is 4. The minimum absolute atomic E-state index is 0.711. The normalized spacial score (nSPS) is 10.7. The van der Waals surface area contributed by atoms with Crippen molar-refractivity contribution < 1.29 is 9.47 Å². The van der Waals surface area contributed by atoms with Crippen LogP contribution in [0, 0.1) is 6.92 Å². The highest BCUT2D eigenvalue weighted by atomic mass is 16.5. The molecule has 0 bridgehead atoms. The summed E-state index contributed by atoms with van der Waals surface area (Å²) in [4.78, 5) is 4.72. The summed E-state index contributed by atoms with van der Waals surface area (Å²) in [7, 11) is 3.30. The predicted octanol–water partition coefficient (Wildman–Crippen LogP) is 3.94. The van der Waals surface area contributed by atoms with Crippen LogP contribution in [-0.4, -0.2) is 25.7 Å². The van der Waals surface area contributed by atoms with Gasteiger partial charge in [0.1, 0.15) is 0 Å². The molecule has 0 spiro atoms. The molecular formula is C17H24N2O2. The lowest BCUT2D eigenvalue weighted by atomic mass is 10.0. The van der Waals surface area contributed by atoms with E-state index in [1.165, 1.54) is 11.3 Å². The van der Waals surface area contributed by atoms with Gasteiger partial charge in [-0.15, -0.1) is 0 Å². The molecule has 21 heavy (non-hydrogen) atoms. The van der Waals surface area contributed by atoms with Gasteiger partial charge in [0, 0.05) is 29.4 Å². The summed E-state index contributed by atoms with van der Waals surface area (Å²) in [6.45, 7) is 7.33. The molecule has 4 heteroatoms. The molecule has 1 aromatic carbocycles. The Bertz CT molecular complexity index is 638. The quantitative estimate of drug-likeness (QED) is 0.874. The van der Waals surface area contributed by atoms with Crippen molar-refractivity contribution in [2.45, 2.75) is 33.6 Å². The third-order valence-electron chi connectivity index (χ3n) is 3.70. The maximum Gasteiger partial charge on any atom is 0.162 e. The monoisotopic (exact) mass is 288 g/mol. The number of benzene rings is 1. The Hall–Kier alpha value is -1.97. The van der Waals surface area contributed by atoms with Gasteiger partial charge in [0.25, 0.3) is 0 Å². The van der Waals surface area contributed by atoms with Crippen LogP contribution in [0.3, 0.4) is 0 Å². The lowest BCUT2D eigenvalue weighted by molar-refractivity contribution is 0.356. The molecule has 0 aliphatic heterocycles. The lowest BCUT2D eigenvalue weighted by Crippen LogP contribution is -2.07. The zero-order chi connectivity index (χ0) is 15.4. The smallest absolute Gasteiger partial charge is 0.162 e. The van der Waals surface area contributed by atoms with Crippen molar-refractivity contribution >= 4 is 16.6 Å². The van der Waals surface area contributed by atoms with Gasteiger partial charge in [-0.1, -0.05) is 13.8 Å². The summed E-state index contributed by atoms with van der Waals surface area (Å²) in [5, 5.41) is 4.64. The molecule has 0 aliphatic carbocycles. The number of nitrogens with zero attached hydrogens (tertiary/aromatic N) is 1. The van der Waals surface area contributed by atoms with Crippen LogP contribution in [0.5, 0.6) is 11.5 Å². The van der Waals surface area contributed by atoms with E-state index >= 15 is 0 Å². The van der Waals surface area contributed by atoms with Crippen molar-refractivity contribution in [3.05, 3.63) is 23.4 Å². The molecule has 1 N–H and O–H groups in total. The van der Waals surface area contributed by atoms with E-state index in [1.807, 2.05) is 12.1 Å². The number of anilines is 1. The van der Waals surface area contributed by atoms with Gasteiger partial charge in [-0.2, -0.15) is 0 Å². The SMILES string of the molecule is CCCNc1c(CC)c(C)nc2cc(OC)c(OC)cc12. The van der Waals surface area contributed by atoms with Crippen LogP contribution in [0.25, 0.3) is 10.9 Å². The van der Waals surface area contributed by atoms with Crippen molar-refractivity contribution in [2.75, 3.05) is 26.1 Å². The van der Waals surface area contributed by atoms with E-state index in [-0.39, 0.29) is 0 Å². The summed E-state index contributed by atoms with van der Waals surface area (Å²) in [5.74, 6) is 1.44. The second-order valence-corrected chi connectivity index (χ2v) is 5.06. The molecule has 2 aromatic rings. The van der Waals surface area contributed by atoms with E-state index < -0.39 is 0 Å². The first kappa shape index (κ1) is 15.4. The Morgan fingerprint density at radius 1 is 1.10 bits per heavy atom. The first-order valence-corrected chi connectivity index (χ1v) is 7.45. The van der Waals surface area contributed by atoms with Crippen LogP contribution in [0.2, 0.25) is 0 Å². The summed E-state index contributed by atoms with van der Waals surface area (Å²) >= 11 is 0. The molecule has 2 rings (SSSR count). The molecule has 114 valence electrons. The number of methoxy groups -OCH3 is 2. The predicted molar refractivity (Wildman–Crippen MR) is 87.7 cm³/mol. The molecular weight excluding hydrogens is 264 g/mol. The van der Waals surface area contributed by atoms with E-state index in [1.54, 1.807) is 14.2 Å². The van der Waals surface area contributed by atoms with Gasteiger partial charge in [-0.3, -0.25) is 4.98 Å². The zero-order valence-electron chi connectivity index (χ0n) is 13.5. The van der Waals surface area contributed by atoms with Crippen molar-refractivity contribution in [3.8, 4) is 11.5 Å². The number of ether oxygens (including phenoxy) is 2. The second-order valence-electron chi connectivity index (χ2n) is 5.06. The van der Waals surface area contributed by atoms with Crippen LogP contribution >= 0.6 is 0 Å². The fourth-order valence-electron chi connectivity index (χ4n) is 2.64. The number of rotatable bonds is 6.